The Morgan fingerprint density at radius 2 is 1.70 bits per heavy atom. The Bertz CT molecular complexity index is 1350. The van der Waals surface area contributed by atoms with Crippen LogP contribution in [-0.2, 0) is 14.6 Å². The first kappa shape index (κ1) is 17.4. The van der Waals surface area contributed by atoms with Crippen molar-refractivity contribution in [3.63, 3.8) is 0 Å². The van der Waals surface area contributed by atoms with Gasteiger partial charge in [0.05, 0.1) is 15.9 Å². The quantitative estimate of drug-likeness (QED) is 0.676. The molecule has 8 heteroatoms. The highest BCUT2D eigenvalue weighted by Crippen LogP contribution is 2.29. The van der Waals surface area contributed by atoms with Crippen LogP contribution in [0.5, 0.6) is 0 Å². The summed E-state index contributed by atoms with van der Waals surface area (Å²) in [5, 5.41) is 3.73. The highest BCUT2D eigenvalue weighted by atomic mass is 32.2. The number of thiazole rings is 1. The monoisotopic (exact) mass is 398 g/mol. The lowest BCUT2D eigenvalue weighted by Crippen LogP contribution is -2.25. The molecule has 0 aliphatic carbocycles. The molecule has 6 nitrogen and oxygen atoms in total. The zero-order valence-electron chi connectivity index (χ0n) is 14.1. The fraction of sp³-hybridized carbons (Fsp3) is 0.0526. The Morgan fingerprint density at radius 3 is 2.44 bits per heavy atom. The number of nitrogens with one attached hydrogen (secondary N) is 2. The van der Waals surface area contributed by atoms with E-state index in [1.54, 1.807) is 36.4 Å². The van der Waals surface area contributed by atoms with Crippen molar-refractivity contribution in [3.8, 4) is 0 Å². The van der Waals surface area contributed by atoms with Crippen LogP contribution >= 0.6 is 11.3 Å². The van der Waals surface area contributed by atoms with Crippen molar-refractivity contribution in [2.24, 2.45) is 0 Å². The number of sulfone groups is 1. The molecule has 0 saturated carbocycles. The topological polar surface area (TPSA) is 96.1 Å². The fourth-order valence-electron chi connectivity index (χ4n) is 2.85. The van der Waals surface area contributed by atoms with Crippen LogP contribution < -0.4 is 20.1 Å². The van der Waals surface area contributed by atoms with E-state index in [2.05, 4.69) is 10.3 Å². The number of aromatic amines is 1. The summed E-state index contributed by atoms with van der Waals surface area (Å²) in [7, 11) is -3.73. The van der Waals surface area contributed by atoms with Crippen molar-refractivity contribution in [2.45, 2.75) is 11.8 Å². The summed E-state index contributed by atoms with van der Waals surface area (Å²) >= 11 is 0.948. The summed E-state index contributed by atoms with van der Waals surface area (Å²) in [5.74, 6) is -0.378. The highest BCUT2D eigenvalue weighted by molar-refractivity contribution is 7.99. The maximum absolute atomic E-state index is 12.6. The molecule has 3 aromatic rings. The van der Waals surface area contributed by atoms with Crippen LogP contribution in [0.25, 0.3) is 11.0 Å². The van der Waals surface area contributed by atoms with Gasteiger partial charge in [0, 0.05) is 11.3 Å². The van der Waals surface area contributed by atoms with Crippen LogP contribution in [0.1, 0.15) is 11.1 Å². The maximum Gasteiger partial charge on any atom is 0.267 e. The normalized spacial score (nSPS) is 16.3. The Kier molecular flexibility index (Phi) is 4.09. The molecule has 1 amide bonds. The average Bonchev–Trinajstić information content (AvgIpc) is 3.13. The van der Waals surface area contributed by atoms with Gasteiger partial charge in [-0.25, -0.2) is 8.42 Å². The van der Waals surface area contributed by atoms with Crippen LogP contribution in [-0.4, -0.2) is 19.3 Å². The van der Waals surface area contributed by atoms with E-state index in [1.807, 2.05) is 6.92 Å². The number of carbonyl (C=O) groups is 1. The maximum atomic E-state index is 12.6. The zero-order valence-corrected chi connectivity index (χ0v) is 15.8. The highest BCUT2D eigenvalue weighted by Gasteiger charge is 2.25. The summed E-state index contributed by atoms with van der Waals surface area (Å²) in [4.78, 5) is 27.4. The van der Waals surface area contributed by atoms with E-state index in [9.17, 15) is 18.0 Å². The minimum Gasteiger partial charge on any atom is -0.321 e. The third-order valence-corrected chi connectivity index (χ3v) is 6.82. The number of carbonyl (C=O) groups excluding carboxylic acids is 1. The van der Waals surface area contributed by atoms with E-state index in [-0.39, 0.29) is 25.6 Å². The second kappa shape index (κ2) is 6.33. The minimum atomic E-state index is -3.73. The minimum absolute atomic E-state index is 0.139. The van der Waals surface area contributed by atoms with Crippen molar-refractivity contribution in [2.75, 3.05) is 5.32 Å². The molecule has 0 fully saturated rings. The average molecular weight is 398 g/mol. The van der Waals surface area contributed by atoms with Gasteiger partial charge in [0.2, 0.25) is 9.84 Å². The van der Waals surface area contributed by atoms with Crippen molar-refractivity contribution < 1.29 is 13.2 Å². The Balaban J connectivity index is 1.90. The molecule has 0 atom stereocenters. The summed E-state index contributed by atoms with van der Waals surface area (Å²) in [5.41, 5.74) is 1.96. The third kappa shape index (κ3) is 3.13. The van der Waals surface area contributed by atoms with E-state index >= 15 is 0 Å². The molecular weight excluding hydrogens is 384 g/mol. The zero-order chi connectivity index (χ0) is 19.2. The van der Waals surface area contributed by atoms with Gasteiger partial charge in [0.15, 0.2) is 0 Å². The van der Waals surface area contributed by atoms with Crippen LogP contribution in [0.3, 0.4) is 0 Å². The number of para-hydroxylation sites is 1. The molecule has 2 aromatic carbocycles. The largest absolute Gasteiger partial charge is 0.321 e. The summed E-state index contributed by atoms with van der Waals surface area (Å²) in [6.45, 7) is 1.87. The van der Waals surface area contributed by atoms with Gasteiger partial charge in [-0.15, -0.1) is 11.3 Å². The molecule has 0 saturated heterocycles. The fourth-order valence-corrected chi connectivity index (χ4v) is 5.22. The van der Waals surface area contributed by atoms with Gasteiger partial charge in [-0.2, -0.15) is 0 Å². The number of hydrogen-bond acceptors (Lipinski definition) is 5. The second-order valence-corrected chi connectivity index (χ2v) is 8.95. The summed E-state index contributed by atoms with van der Waals surface area (Å²) < 4.78 is 25.5. The molecule has 2 N–H and O–H groups in total. The lowest BCUT2D eigenvalue weighted by Gasteiger charge is -1.98. The van der Waals surface area contributed by atoms with E-state index in [4.69, 9.17) is 0 Å². The van der Waals surface area contributed by atoms with Crippen LogP contribution in [0.4, 0.5) is 5.69 Å². The molecular formula is C19H14N2O4S2. The molecule has 4 rings (SSSR count). The number of aryl methyl sites for hydroxylation is 1. The van der Waals surface area contributed by atoms with Crippen LogP contribution in [0.15, 0.2) is 58.2 Å². The molecule has 136 valence electrons. The van der Waals surface area contributed by atoms with Gasteiger partial charge in [-0.05, 0) is 25.1 Å². The molecule has 1 aromatic heterocycles. The van der Waals surface area contributed by atoms with Crippen molar-refractivity contribution in [1.82, 2.24) is 4.98 Å². The SMILES string of the molecule is Cc1ccc(S(=O)(=O)/C=c2/[nH]c(=O)/c(=C3/C(=O)Nc4ccccc43)s2)cc1. The number of anilines is 1. The van der Waals surface area contributed by atoms with Gasteiger partial charge < -0.3 is 10.3 Å². The first-order valence-corrected chi connectivity index (χ1v) is 10.4. The summed E-state index contributed by atoms with van der Waals surface area (Å²) in [6.07, 6.45) is 0. The Morgan fingerprint density at radius 1 is 1.00 bits per heavy atom. The van der Waals surface area contributed by atoms with Crippen LogP contribution in [0.2, 0.25) is 0 Å². The first-order chi connectivity index (χ1) is 12.8. The van der Waals surface area contributed by atoms with Gasteiger partial charge in [-0.1, -0.05) is 35.9 Å². The number of H-pyrrole nitrogens is 1. The molecule has 0 unspecified atom stereocenters. The lowest BCUT2D eigenvalue weighted by atomic mass is 10.1. The lowest BCUT2D eigenvalue weighted by molar-refractivity contribution is -0.110. The van der Waals surface area contributed by atoms with E-state index in [1.165, 1.54) is 12.1 Å². The Hall–Kier alpha value is -2.97. The summed E-state index contributed by atoms with van der Waals surface area (Å²) in [6, 6.07) is 13.5. The molecule has 0 radical (unpaired) electrons. The first-order valence-electron chi connectivity index (χ1n) is 8.03. The third-order valence-electron chi connectivity index (χ3n) is 4.17. The number of rotatable bonds is 2. The standard InChI is InChI=1S/C19H14N2O4S2/c1-11-6-8-12(9-7-11)27(24,25)10-15-21-19(23)17(26-15)16-13-4-2-3-5-14(13)20-18(16)22/h2-10H,1H3,(H,20,22)(H,21,23)/b15-10-,17-16-. The van der Waals surface area contributed by atoms with Gasteiger partial charge in [0.25, 0.3) is 11.5 Å². The number of aromatic nitrogens is 1. The molecule has 0 spiro atoms. The molecule has 2 heterocycles. The molecule has 0 bridgehead atoms. The van der Waals surface area contributed by atoms with Gasteiger partial charge in [0.1, 0.15) is 9.20 Å². The predicted octanol–water partition coefficient (Wildman–Crippen LogP) is 1.11. The Labute approximate surface area is 158 Å². The second-order valence-electron chi connectivity index (χ2n) is 6.10. The molecule has 1 aliphatic rings. The molecule has 27 heavy (non-hydrogen) atoms. The van der Waals surface area contributed by atoms with E-state index in [0.717, 1.165) is 22.3 Å². The number of amides is 1. The smallest absolute Gasteiger partial charge is 0.267 e. The van der Waals surface area contributed by atoms with Crippen molar-refractivity contribution >= 4 is 43.7 Å². The molecule has 1 aliphatic heterocycles. The predicted molar refractivity (Wildman–Crippen MR) is 105 cm³/mol. The van der Waals surface area contributed by atoms with Crippen LogP contribution in [0, 0.1) is 6.92 Å². The van der Waals surface area contributed by atoms with Crippen molar-refractivity contribution in [3.05, 3.63) is 79.2 Å². The van der Waals surface area contributed by atoms with Crippen molar-refractivity contribution in [1.29, 1.82) is 0 Å². The number of fused-ring (bicyclic) bond motifs is 1. The number of benzene rings is 2. The van der Waals surface area contributed by atoms with Gasteiger partial charge >= 0.3 is 0 Å². The number of hydrogen-bond donors (Lipinski definition) is 2. The van der Waals surface area contributed by atoms with E-state index in [0.29, 0.717) is 11.3 Å². The van der Waals surface area contributed by atoms with E-state index < -0.39 is 15.4 Å². The van der Waals surface area contributed by atoms with Gasteiger partial charge in [-0.3, -0.25) is 9.59 Å².